The van der Waals surface area contributed by atoms with Crippen LogP contribution in [-0.4, -0.2) is 14.5 Å². The second-order valence-corrected chi connectivity index (χ2v) is 6.21. The Labute approximate surface area is 151 Å². The first-order valence-electron chi connectivity index (χ1n) is 8.43. The van der Waals surface area contributed by atoms with Crippen LogP contribution in [-0.2, 0) is 6.54 Å². The van der Waals surface area contributed by atoms with Gasteiger partial charge < -0.3 is 5.32 Å². The van der Waals surface area contributed by atoms with Gasteiger partial charge in [-0.3, -0.25) is 9.36 Å². The lowest BCUT2D eigenvalue weighted by Crippen LogP contribution is -2.21. The van der Waals surface area contributed by atoms with Crippen LogP contribution in [0.25, 0.3) is 11.0 Å². The number of para-hydroxylation sites is 1. The van der Waals surface area contributed by atoms with Gasteiger partial charge in [0.2, 0.25) is 5.95 Å². The van der Waals surface area contributed by atoms with Crippen molar-refractivity contribution in [2.75, 3.05) is 5.32 Å². The number of anilines is 2. The third-order valence-corrected chi connectivity index (χ3v) is 4.21. The Balaban J connectivity index is 1.75. The Morgan fingerprint density at radius 3 is 2.50 bits per heavy atom. The lowest BCUT2D eigenvalue weighted by Gasteiger charge is -2.11. The van der Waals surface area contributed by atoms with Gasteiger partial charge >= 0.3 is 0 Å². The predicted molar refractivity (Wildman–Crippen MR) is 104 cm³/mol. The van der Waals surface area contributed by atoms with E-state index in [1.807, 2.05) is 61.5 Å². The Bertz CT molecular complexity index is 1100. The molecule has 0 aliphatic carbocycles. The fraction of sp³-hybridized carbons (Fsp3) is 0.0952. The zero-order valence-corrected chi connectivity index (χ0v) is 14.4. The van der Waals surface area contributed by atoms with E-state index >= 15 is 0 Å². The van der Waals surface area contributed by atoms with Gasteiger partial charge in [-0.05, 0) is 30.7 Å². The number of rotatable bonds is 4. The highest BCUT2D eigenvalue weighted by molar-refractivity contribution is 5.75. The summed E-state index contributed by atoms with van der Waals surface area (Å²) in [6, 6.07) is 21.2. The number of aryl methyl sites for hydroxylation is 1. The quantitative estimate of drug-likeness (QED) is 0.611. The van der Waals surface area contributed by atoms with Crippen molar-refractivity contribution < 1.29 is 0 Å². The van der Waals surface area contributed by atoms with Crippen LogP contribution in [0.5, 0.6) is 0 Å². The predicted octanol–water partition coefficient (Wildman–Crippen LogP) is 3.89. The Hall–Kier alpha value is -3.47. The van der Waals surface area contributed by atoms with E-state index in [9.17, 15) is 4.79 Å². The monoisotopic (exact) mass is 342 g/mol. The van der Waals surface area contributed by atoms with Crippen molar-refractivity contribution in [1.29, 1.82) is 0 Å². The van der Waals surface area contributed by atoms with E-state index in [0.29, 0.717) is 18.1 Å². The first-order chi connectivity index (χ1) is 12.7. The maximum Gasteiger partial charge on any atom is 0.252 e. The van der Waals surface area contributed by atoms with Gasteiger partial charge in [-0.15, -0.1) is 0 Å². The van der Waals surface area contributed by atoms with E-state index in [0.717, 1.165) is 16.6 Å². The maximum atomic E-state index is 12.5. The van der Waals surface area contributed by atoms with Gasteiger partial charge in [0, 0.05) is 23.3 Å². The van der Waals surface area contributed by atoms with E-state index in [1.54, 1.807) is 22.9 Å². The molecule has 4 aromatic rings. The molecule has 0 atom stereocenters. The van der Waals surface area contributed by atoms with E-state index < -0.39 is 0 Å². The third-order valence-electron chi connectivity index (χ3n) is 4.21. The molecule has 0 unspecified atom stereocenters. The van der Waals surface area contributed by atoms with Crippen molar-refractivity contribution in [3.8, 4) is 0 Å². The van der Waals surface area contributed by atoms with E-state index in [2.05, 4.69) is 15.3 Å². The Morgan fingerprint density at radius 2 is 1.73 bits per heavy atom. The summed E-state index contributed by atoms with van der Waals surface area (Å²) < 4.78 is 1.68. The molecule has 2 aromatic heterocycles. The fourth-order valence-electron chi connectivity index (χ4n) is 2.81. The molecule has 128 valence electrons. The molecule has 0 saturated carbocycles. The van der Waals surface area contributed by atoms with Crippen molar-refractivity contribution >= 4 is 22.7 Å². The average molecular weight is 342 g/mol. The fourth-order valence-corrected chi connectivity index (χ4v) is 2.81. The van der Waals surface area contributed by atoms with Gasteiger partial charge in [-0.2, -0.15) is 4.98 Å². The normalized spacial score (nSPS) is 10.8. The molecule has 0 amide bonds. The standard InChI is InChI=1S/C21H18N4O/c1-15-7-9-16(10-8-15)14-25-19(26)12-11-17-13-22-21(24-20(17)25)23-18-5-3-2-4-6-18/h2-13H,14H2,1H3,(H,22,23,24). The van der Waals surface area contributed by atoms with Gasteiger partial charge in [-0.1, -0.05) is 48.0 Å². The Kier molecular flexibility index (Phi) is 4.19. The minimum absolute atomic E-state index is 0.0811. The molecule has 0 bridgehead atoms. The highest BCUT2D eigenvalue weighted by Crippen LogP contribution is 2.16. The van der Waals surface area contributed by atoms with Crippen LogP contribution in [0.3, 0.4) is 0 Å². The molecule has 0 spiro atoms. The minimum atomic E-state index is -0.0811. The lowest BCUT2D eigenvalue weighted by atomic mass is 10.1. The molecular formula is C21H18N4O. The second-order valence-electron chi connectivity index (χ2n) is 6.21. The molecule has 0 radical (unpaired) electrons. The molecule has 2 aromatic carbocycles. The molecule has 26 heavy (non-hydrogen) atoms. The number of hydrogen-bond acceptors (Lipinski definition) is 4. The molecule has 0 fully saturated rings. The van der Waals surface area contributed by atoms with E-state index in [4.69, 9.17) is 0 Å². The van der Waals surface area contributed by atoms with E-state index in [-0.39, 0.29) is 5.56 Å². The molecule has 0 aliphatic heterocycles. The number of nitrogens with one attached hydrogen (secondary N) is 1. The smallest absolute Gasteiger partial charge is 0.252 e. The number of benzene rings is 2. The highest BCUT2D eigenvalue weighted by atomic mass is 16.1. The van der Waals surface area contributed by atoms with Crippen LogP contribution in [0.4, 0.5) is 11.6 Å². The zero-order chi connectivity index (χ0) is 17.9. The zero-order valence-electron chi connectivity index (χ0n) is 14.4. The molecule has 4 rings (SSSR count). The highest BCUT2D eigenvalue weighted by Gasteiger charge is 2.08. The summed E-state index contributed by atoms with van der Waals surface area (Å²) in [7, 11) is 0. The van der Waals surface area contributed by atoms with Crippen LogP contribution in [0.1, 0.15) is 11.1 Å². The Morgan fingerprint density at radius 1 is 0.962 bits per heavy atom. The second kappa shape index (κ2) is 6.80. The van der Waals surface area contributed by atoms with Crippen molar-refractivity contribution in [3.63, 3.8) is 0 Å². The van der Waals surface area contributed by atoms with Gasteiger partial charge in [0.05, 0.1) is 6.54 Å². The molecule has 0 saturated heterocycles. The van der Waals surface area contributed by atoms with Crippen molar-refractivity contribution in [2.45, 2.75) is 13.5 Å². The topological polar surface area (TPSA) is 59.8 Å². The van der Waals surface area contributed by atoms with Gasteiger partial charge in [-0.25, -0.2) is 4.98 Å². The minimum Gasteiger partial charge on any atom is -0.324 e. The largest absolute Gasteiger partial charge is 0.324 e. The summed E-state index contributed by atoms with van der Waals surface area (Å²) in [6.45, 7) is 2.51. The summed E-state index contributed by atoms with van der Waals surface area (Å²) in [5.41, 5.74) is 3.68. The van der Waals surface area contributed by atoms with Crippen molar-refractivity contribution in [1.82, 2.24) is 14.5 Å². The molecule has 5 heteroatoms. The first kappa shape index (κ1) is 16.0. The molecule has 5 nitrogen and oxygen atoms in total. The van der Waals surface area contributed by atoms with E-state index in [1.165, 1.54) is 5.56 Å². The van der Waals surface area contributed by atoms with Gasteiger partial charge in [0.25, 0.3) is 5.56 Å². The van der Waals surface area contributed by atoms with Crippen LogP contribution < -0.4 is 10.9 Å². The number of hydrogen-bond donors (Lipinski definition) is 1. The SMILES string of the molecule is Cc1ccc(Cn2c(=O)ccc3cnc(Nc4ccccc4)nc32)cc1. The summed E-state index contributed by atoms with van der Waals surface area (Å²) in [5, 5.41) is 4.01. The molecule has 0 aliphatic rings. The molecular weight excluding hydrogens is 324 g/mol. The van der Waals surface area contributed by atoms with Crippen LogP contribution in [0.15, 0.2) is 77.7 Å². The third kappa shape index (κ3) is 3.32. The summed E-state index contributed by atoms with van der Waals surface area (Å²) >= 11 is 0. The van der Waals surface area contributed by atoms with Crippen LogP contribution >= 0.6 is 0 Å². The summed E-state index contributed by atoms with van der Waals surface area (Å²) in [4.78, 5) is 21.4. The number of nitrogens with zero attached hydrogens (tertiary/aromatic N) is 3. The lowest BCUT2D eigenvalue weighted by molar-refractivity contribution is 0.782. The number of aromatic nitrogens is 3. The molecule has 1 N–H and O–H groups in total. The molecule has 2 heterocycles. The van der Waals surface area contributed by atoms with Crippen LogP contribution in [0.2, 0.25) is 0 Å². The van der Waals surface area contributed by atoms with Gasteiger partial charge in [0.15, 0.2) is 0 Å². The summed E-state index contributed by atoms with van der Waals surface area (Å²) in [6.07, 6.45) is 1.73. The van der Waals surface area contributed by atoms with Crippen molar-refractivity contribution in [3.05, 3.63) is 94.4 Å². The first-order valence-corrected chi connectivity index (χ1v) is 8.43. The maximum absolute atomic E-state index is 12.5. The number of fused-ring (bicyclic) bond motifs is 1. The summed E-state index contributed by atoms with van der Waals surface area (Å²) in [5.74, 6) is 0.465. The van der Waals surface area contributed by atoms with Crippen molar-refractivity contribution in [2.24, 2.45) is 0 Å². The van der Waals surface area contributed by atoms with Gasteiger partial charge in [0.1, 0.15) is 5.65 Å². The number of pyridine rings is 1. The van der Waals surface area contributed by atoms with Crippen LogP contribution in [0, 0.1) is 6.92 Å². The average Bonchev–Trinajstić information content (AvgIpc) is 2.67.